The van der Waals surface area contributed by atoms with Crippen LogP contribution in [-0.4, -0.2) is 12.6 Å². The fraction of sp³-hybridized carbons (Fsp3) is 0.538. The van der Waals surface area contributed by atoms with Crippen molar-refractivity contribution in [2.45, 2.75) is 38.6 Å². The second-order valence-corrected chi connectivity index (χ2v) is 4.37. The molecule has 84 valence electrons. The zero-order chi connectivity index (χ0) is 11.3. The highest BCUT2D eigenvalue weighted by Gasteiger charge is 2.13. The zero-order valence-electron chi connectivity index (χ0n) is 9.83. The Labute approximate surface area is 102 Å². The molecule has 0 spiro atoms. The van der Waals surface area contributed by atoms with Gasteiger partial charge in [-0.15, -0.1) is 0 Å². The predicted molar refractivity (Wildman–Crippen MR) is 71.8 cm³/mol. The molecule has 0 aliphatic carbocycles. The van der Waals surface area contributed by atoms with Crippen molar-refractivity contribution in [1.82, 2.24) is 0 Å². The van der Waals surface area contributed by atoms with Gasteiger partial charge in [0.05, 0.1) is 0 Å². The Hall–Kier alpha value is -0.500. The van der Waals surface area contributed by atoms with Crippen LogP contribution in [-0.2, 0) is 5.33 Å². The quantitative estimate of drug-likeness (QED) is 0.724. The van der Waals surface area contributed by atoms with Gasteiger partial charge in [-0.25, -0.2) is 0 Å². The van der Waals surface area contributed by atoms with Crippen LogP contribution in [0.3, 0.4) is 0 Å². The zero-order valence-corrected chi connectivity index (χ0v) is 11.4. The Morgan fingerprint density at radius 1 is 1.27 bits per heavy atom. The van der Waals surface area contributed by atoms with Crippen LogP contribution in [0.4, 0.5) is 5.69 Å². The summed E-state index contributed by atoms with van der Waals surface area (Å²) in [5, 5.41) is 0.927. The fourth-order valence-corrected chi connectivity index (χ4v) is 2.32. The Balaban J connectivity index is 3.00. The molecule has 1 atom stereocenters. The first kappa shape index (κ1) is 12.6. The van der Waals surface area contributed by atoms with Crippen molar-refractivity contribution >= 4 is 21.6 Å². The van der Waals surface area contributed by atoms with Crippen molar-refractivity contribution in [3.8, 4) is 0 Å². The van der Waals surface area contributed by atoms with Crippen molar-refractivity contribution in [3.05, 3.63) is 29.8 Å². The second kappa shape index (κ2) is 6.16. The maximum absolute atomic E-state index is 3.55. The van der Waals surface area contributed by atoms with Gasteiger partial charge in [-0.1, -0.05) is 41.1 Å². The maximum Gasteiger partial charge on any atom is 0.0409 e. The SMILES string of the molecule is CCC(C)N(CC)c1ccccc1CBr. The monoisotopic (exact) mass is 269 g/mol. The van der Waals surface area contributed by atoms with Crippen LogP contribution in [0.5, 0.6) is 0 Å². The minimum Gasteiger partial charge on any atom is -0.369 e. The number of hydrogen-bond donors (Lipinski definition) is 0. The van der Waals surface area contributed by atoms with E-state index in [-0.39, 0.29) is 0 Å². The molecule has 2 heteroatoms. The molecule has 0 fully saturated rings. The second-order valence-electron chi connectivity index (χ2n) is 3.81. The van der Waals surface area contributed by atoms with Crippen LogP contribution in [0.1, 0.15) is 32.8 Å². The van der Waals surface area contributed by atoms with Crippen LogP contribution in [0.25, 0.3) is 0 Å². The molecular formula is C13H20BrN. The van der Waals surface area contributed by atoms with Gasteiger partial charge in [0.15, 0.2) is 0 Å². The van der Waals surface area contributed by atoms with Crippen molar-refractivity contribution in [1.29, 1.82) is 0 Å². The standard InChI is InChI=1S/C13H20BrN/c1-4-11(3)15(5-2)13-9-7-6-8-12(13)10-14/h6-9,11H,4-5,10H2,1-3H3. The third-order valence-corrected chi connectivity index (χ3v) is 3.51. The maximum atomic E-state index is 3.55. The average molecular weight is 270 g/mol. The van der Waals surface area contributed by atoms with E-state index < -0.39 is 0 Å². The molecule has 0 bridgehead atoms. The third-order valence-electron chi connectivity index (χ3n) is 2.91. The molecule has 0 saturated carbocycles. The summed E-state index contributed by atoms with van der Waals surface area (Å²) in [5.41, 5.74) is 2.74. The molecule has 15 heavy (non-hydrogen) atoms. The van der Waals surface area contributed by atoms with Crippen LogP contribution in [0, 0.1) is 0 Å². The van der Waals surface area contributed by atoms with Gasteiger partial charge in [-0.2, -0.15) is 0 Å². The Morgan fingerprint density at radius 3 is 2.47 bits per heavy atom. The van der Waals surface area contributed by atoms with Gasteiger partial charge >= 0.3 is 0 Å². The lowest BCUT2D eigenvalue weighted by atomic mass is 10.1. The van der Waals surface area contributed by atoms with Crippen molar-refractivity contribution < 1.29 is 0 Å². The van der Waals surface area contributed by atoms with E-state index in [1.165, 1.54) is 17.7 Å². The molecule has 0 saturated heterocycles. The minimum atomic E-state index is 0.607. The van der Waals surface area contributed by atoms with Gasteiger partial charge in [0.1, 0.15) is 0 Å². The molecular weight excluding hydrogens is 250 g/mol. The number of para-hydroxylation sites is 1. The molecule has 0 aliphatic rings. The molecule has 1 aromatic carbocycles. The predicted octanol–water partition coefficient (Wildman–Crippen LogP) is 4.21. The first-order valence-corrected chi connectivity index (χ1v) is 6.77. The summed E-state index contributed by atoms with van der Waals surface area (Å²) < 4.78 is 0. The number of nitrogens with zero attached hydrogens (tertiary/aromatic N) is 1. The number of alkyl halides is 1. The molecule has 1 unspecified atom stereocenters. The highest BCUT2D eigenvalue weighted by molar-refractivity contribution is 9.08. The van der Waals surface area contributed by atoms with E-state index in [0.717, 1.165) is 11.9 Å². The summed E-state index contributed by atoms with van der Waals surface area (Å²) in [4.78, 5) is 2.47. The molecule has 0 aromatic heterocycles. The van der Waals surface area contributed by atoms with E-state index >= 15 is 0 Å². The summed E-state index contributed by atoms with van der Waals surface area (Å²) >= 11 is 3.55. The van der Waals surface area contributed by atoms with Gasteiger partial charge in [-0.3, -0.25) is 0 Å². The molecule has 1 aromatic rings. The van der Waals surface area contributed by atoms with Gasteiger partial charge in [0.2, 0.25) is 0 Å². The van der Waals surface area contributed by atoms with E-state index in [1.807, 2.05) is 0 Å². The van der Waals surface area contributed by atoms with Crippen molar-refractivity contribution in [2.24, 2.45) is 0 Å². The largest absolute Gasteiger partial charge is 0.369 e. The van der Waals surface area contributed by atoms with Gasteiger partial charge in [-0.05, 0) is 31.9 Å². The van der Waals surface area contributed by atoms with E-state index in [2.05, 4.69) is 65.9 Å². The third kappa shape index (κ3) is 2.97. The van der Waals surface area contributed by atoms with Crippen molar-refractivity contribution in [3.63, 3.8) is 0 Å². The summed E-state index contributed by atoms with van der Waals surface area (Å²) in [6.45, 7) is 7.81. The lowest BCUT2D eigenvalue weighted by molar-refractivity contribution is 0.628. The Bertz CT molecular complexity index is 298. The molecule has 0 amide bonds. The summed E-state index contributed by atoms with van der Waals surface area (Å²) in [5.74, 6) is 0. The first-order valence-electron chi connectivity index (χ1n) is 5.65. The molecule has 0 aliphatic heterocycles. The molecule has 0 heterocycles. The average Bonchev–Trinajstić information content (AvgIpc) is 2.30. The number of anilines is 1. The van der Waals surface area contributed by atoms with Gasteiger partial charge in [0.25, 0.3) is 0 Å². The molecule has 1 rings (SSSR count). The van der Waals surface area contributed by atoms with Crippen LogP contribution >= 0.6 is 15.9 Å². The number of rotatable bonds is 5. The Kier molecular flexibility index (Phi) is 5.16. The van der Waals surface area contributed by atoms with Crippen LogP contribution < -0.4 is 4.90 Å². The summed E-state index contributed by atoms with van der Waals surface area (Å²) in [6, 6.07) is 9.23. The lowest BCUT2D eigenvalue weighted by Gasteiger charge is -2.31. The molecule has 0 radical (unpaired) electrons. The van der Waals surface area contributed by atoms with E-state index in [0.29, 0.717) is 6.04 Å². The fourth-order valence-electron chi connectivity index (χ4n) is 1.84. The van der Waals surface area contributed by atoms with E-state index in [4.69, 9.17) is 0 Å². The highest BCUT2D eigenvalue weighted by atomic mass is 79.9. The molecule has 0 N–H and O–H groups in total. The van der Waals surface area contributed by atoms with Crippen molar-refractivity contribution in [2.75, 3.05) is 11.4 Å². The summed E-state index contributed by atoms with van der Waals surface area (Å²) in [7, 11) is 0. The normalized spacial score (nSPS) is 12.5. The van der Waals surface area contributed by atoms with E-state index in [9.17, 15) is 0 Å². The van der Waals surface area contributed by atoms with Crippen LogP contribution in [0.15, 0.2) is 24.3 Å². The number of hydrogen-bond acceptors (Lipinski definition) is 1. The van der Waals surface area contributed by atoms with Gasteiger partial charge < -0.3 is 4.90 Å². The number of benzene rings is 1. The smallest absolute Gasteiger partial charge is 0.0409 e. The minimum absolute atomic E-state index is 0.607. The lowest BCUT2D eigenvalue weighted by Crippen LogP contribution is -2.32. The van der Waals surface area contributed by atoms with Crippen LogP contribution in [0.2, 0.25) is 0 Å². The summed E-state index contributed by atoms with van der Waals surface area (Å²) in [6.07, 6.45) is 1.18. The Morgan fingerprint density at radius 2 is 1.93 bits per heavy atom. The van der Waals surface area contributed by atoms with Gasteiger partial charge in [0, 0.05) is 23.6 Å². The topological polar surface area (TPSA) is 3.24 Å². The van der Waals surface area contributed by atoms with E-state index in [1.54, 1.807) is 0 Å². The first-order chi connectivity index (χ1) is 7.24. The molecule has 1 nitrogen and oxygen atoms in total. The highest BCUT2D eigenvalue weighted by Crippen LogP contribution is 2.24. The number of halogens is 1.